The number of aryl methyl sites for hydroxylation is 3. The number of hydrogen-bond acceptors (Lipinski definition) is 21. The Morgan fingerprint density at radius 1 is 0.399 bits per heavy atom. The van der Waals surface area contributed by atoms with Crippen molar-refractivity contribution >= 4 is 161 Å². The van der Waals surface area contributed by atoms with E-state index in [0.29, 0.717) is 50.8 Å². The van der Waals surface area contributed by atoms with Gasteiger partial charge in [0.15, 0.2) is 52.2 Å². The lowest BCUT2D eigenvalue weighted by Gasteiger charge is -2.41. The van der Waals surface area contributed by atoms with Crippen LogP contribution in [0.5, 0.6) is 17.2 Å². The van der Waals surface area contributed by atoms with Crippen molar-refractivity contribution in [2.45, 2.75) is 119 Å². The van der Waals surface area contributed by atoms with Crippen molar-refractivity contribution in [3.8, 4) is 86.3 Å². The van der Waals surface area contributed by atoms with Gasteiger partial charge in [-0.3, -0.25) is 57.4 Å². The van der Waals surface area contributed by atoms with Gasteiger partial charge in [-0.25, -0.2) is 41.3 Å². The van der Waals surface area contributed by atoms with Gasteiger partial charge < -0.3 is 44.7 Å². The van der Waals surface area contributed by atoms with Crippen molar-refractivity contribution < 1.29 is 60.4 Å². The molecule has 15 rings (SSSR count). The van der Waals surface area contributed by atoms with Crippen molar-refractivity contribution in [2.24, 2.45) is 0 Å². The second-order valence-electron chi connectivity index (χ2n) is 33.6. The number of nitrogens with zero attached hydrogens (tertiary/aromatic N) is 18. The van der Waals surface area contributed by atoms with Gasteiger partial charge in [0.2, 0.25) is 23.5 Å². The van der Waals surface area contributed by atoms with Crippen LogP contribution in [0.15, 0.2) is 107 Å². The zero-order chi connectivity index (χ0) is 101. The number of rotatable bonds is 15. The summed E-state index contributed by atoms with van der Waals surface area (Å²) in [6.45, 7) is 34.7. The van der Waals surface area contributed by atoms with Gasteiger partial charge in [-0.05, 0) is 131 Å². The Kier molecular flexibility index (Phi) is 30.1. The summed E-state index contributed by atoms with van der Waals surface area (Å²) in [5.41, 5.74) is -2.36. The van der Waals surface area contributed by atoms with Crippen LogP contribution in [-0.4, -0.2) is 168 Å². The van der Waals surface area contributed by atoms with E-state index in [2.05, 4.69) is 49.6 Å². The third-order valence-electron chi connectivity index (χ3n) is 24.0. The minimum absolute atomic E-state index is 0.0852. The summed E-state index contributed by atoms with van der Waals surface area (Å²) in [6.07, 6.45) is 8.39. The number of carbonyl (C=O) groups excluding carboxylic acids is 3. The number of pyridine rings is 9. The molecule has 9 aromatic heterocycles. The van der Waals surface area contributed by atoms with Crippen LogP contribution in [-0.2, 0) is 14.4 Å². The van der Waals surface area contributed by atoms with Gasteiger partial charge >= 0.3 is 0 Å². The van der Waals surface area contributed by atoms with E-state index in [0.717, 1.165) is 0 Å². The summed E-state index contributed by atoms with van der Waals surface area (Å²) in [5, 5.41) is 57.9. The number of aromatic nitrogens is 9. The van der Waals surface area contributed by atoms with Crippen molar-refractivity contribution in [2.75, 3.05) is 73.6 Å². The summed E-state index contributed by atoms with van der Waals surface area (Å²) in [4.78, 5) is 118. The van der Waals surface area contributed by atoms with Gasteiger partial charge in [-0.15, -0.1) is 0 Å². The zero-order valence-corrected chi connectivity index (χ0v) is 81.4. The molecule has 12 heterocycles. The Morgan fingerprint density at radius 2 is 0.667 bits per heavy atom. The van der Waals surface area contributed by atoms with Gasteiger partial charge in [0, 0.05) is 112 Å². The number of anilines is 3. The number of fused-ring (bicyclic) bond motifs is 3. The third-order valence-corrected chi connectivity index (χ3v) is 26.8. The highest BCUT2D eigenvalue weighted by molar-refractivity contribution is 6.44. The first-order valence-electron chi connectivity index (χ1n) is 42.4. The Hall–Kier alpha value is -13.1. The Balaban J connectivity index is 0.000000175. The maximum Gasteiger partial charge on any atom is 0.276 e. The van der Waals surface area contributed by atoms with Gasteiger partial charge in [-0.2, -0.15) is 20.2 Å². The van der Waals surface area contributed by atoms with Gasteiger partial charge in [0.25, 0.3) is 16.7 Å². The van der Waals surface area contributed by atoms with Crippen LogP contribution in [0.4, 0.5) is 47.8 Å². The van der Waals surface area contributed by atoms with Crippen LogP contribution < -0.4 is 31.4 Å². The highest BCUT2D eigenvalue weighted by Gasteiger charge is 2.40. The second kappa shape index (κ2) is 40.5. The van der Waals surface area contributed by atoms with Crippen molar-refractivity contribution in [3.05, 3.63) is 255 Å². The monoisotopic (exact) mass is 2040 g/mol. The molecule has 3 fully saturated rings. The number of aromatic hydroxyl groups is 3. The molecule has 0 radical (unpaired) electrons. The average Bonchev–Trinajstić information content (AvgIpc) is 0.726. The average molecular weight is 2050 g/mol. The minimum Gasteiger partial charge on any atom is -0.504 e. The highest BCUT2D eigenvalue weighted by Crippen LogP contribution is 2.50. The third kappa shape index (κ3) is 17.9. The normalized spacial score (nSPS) is 15.0. The van der Waals surface area contributed by atoms with Crippen LogP contribution >= 0.6 is 92.8 Å². The summed E-state index contributed by atoms with van der Waals surface area (Å²) in [6, 6.07) is 14.2. The molecular formula is C96H81Cl8F7N18O9. The highest BCUT2D eigenvalue weighted by atomic mass is 35.5. The number of phenols is 3. The number of halogens is 15. The quantitative estimate of drug-likeness (QED) is 0.0371. The molecule has 3 atom stereocenters. The molecule has 42 heteroatoms. The van der Waals surface area contributed by atoms with E-state index in [1.807, 2.05) is 73.6 Å². The van der Waals surface area contributed by atoms with E-state index < -0.39 is 134 Å². The van der Waals surface area contributed by atoms with Crippen LogP contribution in [0.1, 0.15) is 131 Å². The predicted octanol–water partition coefficient (Wildman–Crippen LogP) is 20.2. The lowest BCUT2D eigenvalue weighted by molar-refractivity contribution is -0.129. The molecule has 0 unspecified atom stereocenters. The molecule has 3 amide bonds. The van der Waals surface area contributed by atoms with Crippen LogP contribution in [0, 0.1) is 95.5 Å². The van der Waals surface area contributed by atoms with Crippen molar-refractivity contribution in [1.82, 2.24) is 58.3 Å². The second-order valence-corrected chi connectivity index (χ2v) is 36.7. The Labute approximate surface area is 823 Å². The SMILES string of the molecule is C=CC(=O)N1CCN(c2c(C#N)c(=O)n(-c3c(C)ccnc3C(C)C)c3nc(-c4c(F)c(F)c(F)c(O)c4Cl)c(Cl)cc23)C[C@H]1C.C=CC(=O)N1CCN(c2c(C#N)c(=O)n(-c3c(C)ccnc3C(C)C)c3nc(-c4c(F)c(O)c(Cl)c(Cl)c4F)c(Cl)cc23)C[C@H]1C.C=CC(=O)N1CCN(c2c(C#N)c(=O)n(-c3c(C)ccnc3C(C)C)c3nc(-c4c(F)c(O)c(Cl)c(Cl)c4F)c(Cl)cc23)C[C@H]1C. The van der Waals surface area contributed by atoms with E-state index in [-0.39, 0.29) is 194 Å². The van der Waals surface area contributed by atoms with E-state index in [4.69, 9.17) is 92.8 Å². The van der Waals surface area contributed by atoms with Crippen molar-refractivity contribution in [1.29, 1.82) is 15.8 Å². The van der Waals surface area contributed by atoms with E-state index in [9.17, 15) is 68.7 Å². The minimum atomic E-state index is -2.00. The van der Waals surface area contributed by atoms with Gasteiger partial charge in [0.1, 0.15) is 61.9 Å². The molecule has 3 aromatic carbocycles. The number of carbonyl (C=O) groups is 3. The van der Waals surface area contributed by atoms with E-state index in [1.165, 1.54) is 50.1 Å². The lowest BCUT2D eigenvalue weighted by Crippen LogP contribution is -2.54. The Morgan fingerprint density at radius 3 is 0.920 bits per heavy atom. The van der Waals surface area contributed by atoms with Gasteiger partial charge in [-0.1, -0.05) is 154 Å². The fourth-order valence-electron chi connectivity index (χ4n) is 17.4. The molecule has 12 aromatic rings. The molecule has 0 bridgehead atoms. The first kappa shape index (κ1) is 102. The lowest BCUT2D eigenvalue weighted by atomic mass is 10.0. The predicted molar refractivity (Wildman–Crippen MR) is 518 cm³/mol. The summed E-state index contributed by atoms with van der Waals surface area (Å²) in [7, 11) is 0. The molecule has 138 heavy (non-hydrogen) atoms. The maximum absolute atomic E-state index is 15.5. The van der Waals surface area contributed by atoms with Crippen LogP contribution in [0.2, 0.25) is 40.2 Å². The molecule has 3 aliphatic heterocycles. The number of hydrogen-bond donors (Lipinski definition) is 3. The molecule has 0 aliphatic carbocycles. The van der Waals surface area contributed by atoms with Crippen molar-refractivity contribution in [3.63, 3.8) is 0 Å². The summed E-state index contributed by atoms with van der Waals surface area (Å²) < 4.78 is 110. The standard InChI is InChI=1S/2C32H27Cl3F2N6O3.C32H27Cl2F3N6O3/c2*1-6-20(44)42-10-9-41(13-16(42)5)29-17-11-19(33)27(21-24(36)22(34)23(35)30(45)25(21)37)40-31(17)43(32(46)18(29)12-38)28-15(4)7-8-39-26(28)14(2)3;1-6-20(44)42-10-9-41(13-16(42)5)29-17-11-19(33)27(21-22(34)30(45)25(37)24(36)23(21)35)40-31(17)43(32(46)18(29)12-38)28-15(4)7-8-39-26(28)14(2)3/h3*6-8,11,14,16,45H,1,9-10,13H2,2-5H3/t3*16-/m111/s1. The first-order valence-corrected chi connectivity index (χ1v) is 45.4. The molecule has 714 valence electrons. The molecule has 3 aliphatic rings. The molecule has 0 spiro atoms. The summed E-state index contributed by atoms with van der Waals surface area (Å²) >= 11 is 49.8. The molecule has 27 nitrogen and oxygen atoms in total. The summed E-state index contributed by atoms with van der Waals surface area (Å²) in [5.74, 6) is -16.2. The smallest absolute Gasteiger partial charge is 0.276 e. The molecule has 3 saturated heterocycles. The number of amides is 3. The van der Waals surface area contributed by atoms with E-state index >= 15 is 22.0 Å². The number of benzene rings is 3. The largest absolute Gasteiger partial charge is 0.504 e. The fraction of sp³-hybridized carbons (Fsp3) is 0.281. The fourth-order valence-corrected chi connectivity index (χ4v) is 19.1. The molecule has 0 saturated carbocycles. The zero-order valence-electron chi connectivity index (χ0n) is 75.4. The number of phenolic OH excluding ortho intramolecular Hbond substituents is 3. The molecular weight excluding hydrogens is 1970 g/mol. The first-order chi connectivity index (χ1) is 65.2. The molecule has 3 N–H and O–H groups in total. The topological polar surface area (TPSA) is 346 Å². The maximum atomic E-state index is 15.5. The van der Waals surface area contributed by atoms with Gasteiger partial charge in [0.05, 0.1) is 115 Å². The number of piperazine rings is 3. The number of nitriles is 3. The van der Waals surface area contributed by atoms with Crippen LogP contribution in [0.25, 0.3) is 83.9 Å². The van der Waals surface area contributed by atoms with Crippen LogP contribution in [0.3, 0.4) is 0 Å². The Bertz CT molecular complexity index is 6790. The van der Waals surface area contributed by atoms with E-state index in [1.54, 1.807) is 93.9 Å².